The average molecular weight is 224 g/mol. The van der Waals surface area contributed by atoms with Crippen LogP contribution in [0.5, 0.6) is 0 Å². The molecule has 1 aromatic carbocycles. The lowest BCUT2D eigenvalue weighted by molar-refractivity contribution is 0.439. The second-order valence-corrected chi connectivity index (χ2v) is 5.53. The molecule has 0 aliphatic carbocycles. The van der Waals surface area contributed by atoms with Crippen molar-refractivity contribution in [1.82, 2.24) is 0 Å². The zero-order valence-corrected chi connectivity index (χ0v) is 10.5. The van der Waals surface area contributed by atoms with E-state index in [9.17, 15) is 0 Å². The minimum atomic E-state index is 0.0444. The zero-order valence-electron chi connectivity index (χ0n) is 9.79. The van der Waals surface area contributed by atoms with Crippen LogP contribution in [0.2, 0.25) is 0 Å². The lowest BCUT2D eigenvalue weighted by Gasteiger charge is -2.33. The van der Waals surface area contributed by atoms with Crippen molar-refractivity contribution in [2.45, 2.75) is 44.7 Å². The SMILES string of the molecule is CC(Cl)N1c2ccccc2C(C)(C)C1C. The molecule has 0 N–H and O–H groups in total. The fraction of sp³-hybridized carbons (Fsp3) is 0.538. The smallest absolute Gasteiger partial charge is 0.101 e. The van der Waals surface area contributed by atoms with Crippen LogP contribution in [0.4, 0.5) is 5.69 Å². The summed E-state index contributed by atoms with van der Waals surface area (Å²) >= 11 is 6.26. The third kappa shape index (κ3) is 1.45. The van der Waals surface area contributed by atoms with E-state index in [0.29, 0.717) is 6.04 Å². The standard InChI is InChI=1S/C13H18ClN/c1-9-13(3,4)11-7-5-6-8-12(11)15(9)10(2)14/h5-10H,1-4H3. The first-order chi connectivity index (χ1) is 6.96. The Bertz CT molecular complexity index is 371. The first kappa shape index (κ1) is 10.8. The Labute approximate surface area is 97.0 Å². The van der Waals surface area contributed by atoms with Gasteiger partial charge < -0.3 is 4.90 Å². The molecule has 82 valence electrons. The summed E-state index contributed by atoms with van der Waals surface area (Å²) in [6, 6.07) is 9.02. The van der Waals surface area contributed by atoms with Crippen LogP contribution in [0.15, 0.2) is 24.3 Å². The molecule has 0 aromatic heterocycles. The van der Waals surface area contributed by atoms with Gasteiger partial charge in [-0.05, 0) is 25.5 Å². The Hall–Kier alpha value is -0.690. The van der Waals surface area contributed by atoms with Crippen LogP contribution in [0.3, 0.4) is 0 Å². The zero-order chi connectivity index (χ0) is 11.2. The summed E-state index contributed by atoms with van der Waals surface area (Å²) in [6.07, 6.45) is 0. The molecule has 2 unspecified atom stereocenters. The molecule has 0 saturated heterocycles. The summed E-state index contributed by atoms with van der Waals surface area (Å²) in [4.78, 5) is 2.30. The Morgan fingerprint density at radius 3 is 2.53 bits per heavy atom. The van der Waals surface area contributed by atoms with Gasteiger partial charge in [-0.25, -0.2) is 0 Å². The predicted octanol–water partition coefficient (Wildman–Crippen LogP) is 3.76. The Morgan fingerprint density at radius 1 is 1.33 bits per heavy atom. The van der Waals surface area contributed by atoms with E-state index in [1.165, 1.54) is 11.3 Å². The fourth-order valence-electron chi connectivity index (χ4n) is 2.52. The van der Waals surface area contributed by atoms with Gasteiger partial charge in [0.15, 0.2) is 0 Å². The van der Waals surface area contributed by atoms with Crippen LogP contribution >= 0.6 is 11.6 Å². The summed E-state index contributed by atoms with van der Waals surface area (Å²) in [7, 11) is 0. The van der Waals surface area contributed by atoms with Crippen molar-refractivity contribution in [1.29, 1.82) is 0 Å². The third-order valence-corrected chi connectivity index (χ3v) is 3.93. The summed E-state index contributed by atoms with van der Waals surface area (Å²) in [5, 5.41) is 0. The van der Waals surface area contributed by atoms with Gasteiger partial charge in [-0.1, -0.05) is 43.6 Å². The van der Waals surface area contributed by atoms with Gasteiger partial charge in [-0.3, -0.25) is 0 Å². The van der Waals surface area contributed by atoms with Crippen molar-refractivity contribution < 1.29 is 0 Å². The van der Waals surface area contributed by atoms with E-state index in [0.717, 1.165) is 0 Å². The highest BCUT2D eigenvalue weighted by Gasteiger charge is 2.42. The second-order valence-electron chi connectivity index (χ2n) is 4.90. The van der Waals surface area contributed by atoms with E-state index in [4.69, 9.17) is 11.6 Å². The number of nitrogens with zero attached hydrogens (tertiary/aromatic N) is 1. The molecule has 2 atom stereocenters. The number of fused-ring (bicyclic) bond motifs is 1. The number of alkyl halides is 1. The number of hydrogen-bond acceptors (Lipinski definition) is 1. The van der Waals surface area contributed by atoms with Crippen LogP contribution in [-0.2, 0) is 5.41 Å². The van der Waals surface area contributed by atoms with E-state index < -0.39 is 0 Å². The van der Waals surface area contributed by atoms with E-state index in [-0.39, 0.29) is 10.9 Å². The van der Waals surface area contributed by atoms with Crippen molar-refractivity contribution in [3.8, 4) is 0 Å². The van der Waals surface area contributed by atoms with Gasteiger partial charge in [0.25, 0.3) is 0 Å². The number of benzene rings is 1. The molecular weight excluding hydrogens is 206 g/mol. The van der Waals surface area contributed by atoms with Crippen molar-refractivity contribution in [2.24, 2.45) is 0 Å². The molecule has 0 spiro atoms. The number of anilines is 1. The molecule has 2 heteroatoms. The Morgan fingerprint density at radius 2 is 1.93 bits per heavy atom. The molecule has 1 aliphatic rings. The number of para-hydroxylation sites is 1. The molecule has 1 nitrogen and oxygen atoms in total. The molecule has 1 aromatic rings. The van der Waals surface area contributed by atoms with Crippen molar-refractivity contribution in [2.75, 3.05) is 4.90 Å². The van der Waals surface area contributed by atoms with Gasteiger partial charge in [0.05, 0.1) is 0 Å². The Balaban J connectivity index is 2.57. The van der Waals surface area contributed by atoms with Crippen molar-refractivity contribution in [3.63, 3.8) is 0 Å². The van der Waals surface area contributed by atoms with Crippen LogP contribution in [0, 0.1) is 0 Å². The minimum absolute atomic E-state index is 0.0444. The Kier molecular flexibility index (Phi) is 2.46. The fourth-order valence-corrected chi connectivity index (χ4v) is 2.80. The minimum Gasteiger partial charge on any atom is -0.352 e. The maximum absolute atomic E-state index is 6.26. The topological polar surface area (TPSA) is 3.24 Å². The summed E-state index contributed by atoms with van der Waals surface area (Å²) < 4.78 is 0. The van der Waals surface area contributed by atoms with Crippen molar-refractivity contribution in [3.05, 3.63) is 29.8 Å². The predicted molar refractivity (Wildman–Crippen MR) is 66.7 cm³/mol. The molecule has 0 bridgehead atoms. The van der Waals surface area contributed by atoms with Gasteiger partial charge in [-0.15, -0.1) is 0 Å². The lowest BCUT2D eigenvalue weighted by atomic mass is 9.81. The molecule has 15 heavy (non-hydrogen) atoms. The molecule has 2 rings (SSSR count). The molecule has 0 saturated carbocycles. The van der Waals surface area contributed by atoms with E-state index in [1.807, 2.05) is 6.92 Å². The first-order valence-electron chi connectivity index (χ1n) is 5.48. The maximum atomic E-state index is 6.26. The number of rotatable bonds is 1. The molecule has 0 radical (unpaired) electrons. The van der Waals surface area contributed by atoms with Crippen molar-refractivity contribution >= 4 is 17.3 Å². The van der Waals surface area contributed by atoms with Crippen LogP contribution < -0.4 is 4.90 Å². The number of hydrogen-bond donors (Lipinski definition) is 0. The van der Waals surface area contributed by atoms with Gasteiger partial charge in [0.1, 0.15) is 5.50 Å². The lowest BCUT2D eigenvalue weighted by Crippen LogP contribution is -2.41. The molecule has 0 fully saturated rings. The van der Waals surface area contributed by atoms with Crippen LogP contribution in [-0.4, -0.2) is 11.5 Å². The van der Waals surface area contributed by atoms with Gasteiger partial charge in [0, 0.05) is 17.1 Å². The highest BCUT2D eigenvalue weighted by Crippen LogP contribution is 2.46. The quantitative estimate of drug-likeness (QED) is 0.518. The van der Waals surface area contributed by atoms with Gasteiger partial charge in [0.2, 0.25) is 0 Å². The van der Waals surface area contributed by atoms with E-state index in [2.05, 4.69) is 49.9 Å². The molecule has 1 aliphatic heterocycles. The van der Waals surface area contributed by atoms with Crippen LogP contribution in [0.25, 0.3) is 0 Å². The summed E-state index contributed by atoms with van der Waals surface area (Å²) in [5.74, 6) is 0. The average Bonchev–Trinajstić information content (AvgIpc) is 2.36. The highest BCUT2D eigenvalue weighted by atomic mass is 35.5. The number of halogens is 1. The second kappa shape index (κ2) is 3.41. The normalized spacial score (nSPS) is 25.1. The van der Waals surface area contributed by atoms with E-state index >= 15 is 0 Å². The van der Waals surface area contributed by atoms with E-state index in [1.54, 1.807) is 0 Å². The third-order valence-electron chi connectivity index (χ3n) is 3.72. The van der Waals surface area contributed by atoms with Gasteiger partial charge in [-0.2, -0.15) is 0 Å². The van der Waals surface area contributed by atoms with Crippen LogP contribution in [0.1, 0.15) is 33.3 Å². The molecule has 0 amide bonds. The summed E-state index contributed by atoms with van der Waals surface area (Å²) in [5.41, 5.74) is 2.92. The molecular formula is C13H18ClN. The monoisotopic (exact) mass is 223 g/mol. The molecule has 1 heterocycles. The highest BCUT2D eigenvalue weighted by molar-refractivity contribution is 6.21. The first-order valence-corrected chi connectivity index (χ1v) is 5.92. The summed E-state index contributed by atoms with van der Waals surface area (Å²) in [6.45, 7) is 8.86. The van der Waals surface area contributed by atoms with Gasteiger partial charge >= 0.3 is 0 Å². The largest absolute Gasteiger partial charge is 0.352 e. The maximum Gasteiger partial charge on any atom is 0.101 e.